The van der Waals surface area contributed by atoms with Crippen molar-refractivity contribution in [1.29, 1.82) is 0 Å². The van der Waals surface area contributed by atoms with E-state index in [0.29, 0.717) is 16.3 Å². The van der Waals surface area contributed by atoms with Gasteiger partial charge in [-0.25, -0.2) is 0 Å². The third-order valence-electron chi connectivity index (χ3n) is 4.65. The Hall–Kier alpha value is -3.32. The van der Waals surface area contributed by atoms with E-state index >= 15 is 0 Å². The van der Waals surface area contributed by atoms with Gasteiger partial charge in [0.15, 0.2) is 5.76 Å². The first-order chi connectivity index (χ1) is 13.5. The van der Waals surface area contributed by atoms with Gasteiger partial charge in [0.1, 0.15) is 11.8 Å². The van der Waals surface area contributed by atoms with Crippen LogP contribution in [0, 0.1) is 0 Å². The largest absolute Gasteiger partial charge is 0.503 e. The molecule has 1 amide bonds. The molecule has 142 valence electrons. The predicted molar refractivity (Wildman–Crippen MR) is 108 cm³/mol. The lowest BCUT2D eigenvalue weighted by atomic mass is 10.00. The van der Waals surface area contributed by atoms with Crippen LogP contribution in [0.1, 0.15) is 21.5 Å². The molecule has 3 heterocycles. The fourth-order valence-corrected chi connectivity index (χ4v) is 3.95. The molecular formula is C21H18N2O4S. The summed E-state index contributed by atoms with van der Waals surface area (Å²) in [5, 5.41) is 12.4. The van der Waals surface area contributed by atoms with Gasteiger partial charge in [-0.05, 0) is 47.8 Å². The van der Waals surface area contributed by atoms with Crippen LogP contribution in [0.15, 0.2) is 75.9 Å². The van der Waals surface area contributed by atoms with Crippen LogP contribution in [0.25, 0.3) is 0 Å². The summed E-state index contributed by atoms with van der Waals surface area (Å²) in [7, 11) is 3.85. The van der Waals surface area contributed by atoms with Crippen LogP contribution in [-0.4, -0.2) is 30.9 Å². The molecule has 0 saturated heterocycles. The number of ketones is 1. The molecule has 1 unspecified atom stereocenters. The van der Waals surface area contributed by atoms with E-state index in [1.165, 1.54) is 22.5 Å². The van der Waals surface area contributed by atoms with Crippen molar-refractivity contribution >= 4 is 34.4 Å². The Labute approximate surface area is 165 Å². The lowest BCUT2D eigenvalue weighted by Gasteiger charge is -2.25. The number of furan rings is 1. The minimum absolute atomic E-state index is 0.0269. The zero-order valence-corrected chi connectivity index (χ0v) is 16.1. The molecule has 1 aromatic carbocycles. The second-order valence-electron chi connectivity index (χ2n) is 6.57. The molecule has 3 aromatic rings. The number of carbonyl (C=O) groups excluding carboxylic acids is 2. The summed E-state index contributed by atoms with van der Waals surface area (Å²) in [5.41, 5.74) is 1.56. The number of amides is 1. The number of rotatable bonds is 5. The number of benzene rings is 1. The van der Waals surface area contributed by atoms with E-state index in [0.717, 1.165) is 5.69 Å². The molecule has 6 nitrogen and oxygen atoms in total. The van der Waals surface area contributed by atoms with Crippen molar-refractivity contribution in [3.05, 3.63) is 82.1 Å². The lowest BCUT2D eigenvalue weighted by molar-refractivity contribution is -0.117. The Balaban J connectivity index is 1.81. The molecule has 1 aliphatic rings. The molecule has 0 saturated carbocycles. The first-order valence-corrected chi connectivity index (χ1v) is 9.52. The normalized spacial score (nSPS) is 16.7. The van der Waals surface area contributed by atoms with Gasteiger partial charge < -0.3 is 14.4 Å². The number of hydrogen-bond donors (Lipinski definition) is 1. The Bertz CT molecular complexity index is 1030. The Kier molecular flexibility index (Phi) is 4.52. The van der Waals surface area contributed by atoms with Gasteiger partial charge in [0.05, 0.1) is 16.7 Å². The first kappa shape index (κ1) is 18.1. The van der Waals surface area contributed by atoms with E-state index in [1.54, 1.807) is 41.8 Å². The fourth-order valence-electron chi connectivity index (χ4n) is 3.27. The average Bonchev–Trinajstić information content (AvgIpc) is 3.43. The molecule has 1 atom stereocenters. The van der Waals surface area contributed by atoms with Gasteiger partial charge in [-0.3, -0.25) is 14.5 Å². The van der Waals surface area contributed by atoms with Crippen molar-refractivity contribution in [3.8, 4) is 0 Å². The topological polar surface area (TPSA) is 74.0 Å². The van der Waals surface area contributed by atoms with Gasteiger partial charge in [-0.15, -0.1) is 11.3 Å². The highest BCUT2D eigenvalue weighted by molar-refractivity contribution is 7.12. The number of carbonyl (C=O) groups is 2. The third kappa shape index (κ3) is 2.90. The van der Waals surface area contributed by atoms with Crippen LogP contribution in [0.2, 0.25) is 0 Å². The fraction of sp³-hybridized carbons (Fsp3) is 0.143. The molecule has 0 aliphatic carbocycles. The quantitative estimate of drug-likeness (QED) is 0.657. The van der Waals surface area contributed by atoms with Gasteiger partial charge in [0, 0.05) is 25.5 Å². The molecule has 7 heteroatoms. The Morgan fingerprint density at radius 3 is 2.46 bits per heavy atom. The highest BCUT2D eigenvalue weighted by atomic mass is 32.1. The molecule has 0 bridgehead atoms. The minimum Gasteiger partial charge on any atom is -0.503 e. The molecule has 1 N–H and O–H groups in total. The summed E-state index contributed by atoms with van der Waals surface area (Å²) in [4.78, 5) is 29.8. The Morgan fingerprint density at radius 1 is 1.14 bits per heavy atom. The van der Waals surface area contributed by atoms with E-state index in [2.05, 4.69) is 0 Å². The van der Waals surface area contributed by atoms with Gasteiger partial charge >= 0.3 is 0 Å². The maximum atomic E-state index is 13.1. The van der Waals surface area contributed by atoms with Crippen LogP contribution in [0.4, 0.5) is 11.4 Å². The van der Waals surface area contributed by atoms with Crippen LogP contribution in [-0.2, 0) is 4.79 Å². The van der Waals surface area contributed by atoms with Crippen molar-refractivity contribution in [3.63, 3.8) is 0 Å². The summed E-state index contributed by atoms with van der Waals surface area (Å²) < 4.78 is 5.53. The standard InChI is InChI=1S/C21H18N2O4S/c1-22(2)13-7-9-14(10-8-13)23-18(15-5-3-11-27-15)17(20(25)21(23)26)19(24)16-6-4-12-28-16/h3-12,18,25H,1-2H3. The van der Waals surface area contributed by atoms with E-state index in [-0.39, 0.29) is 11.4 Å². The maximum absolute atomic E-state index is 13.1. The zero-order chi connectivity index (χ0) is 19.8. The first-order valence-electron chi connectivity index (χ1n) is 8.64. The van der Waals surface area contributed by atoms with Gasteiger partial charge in [-0.2, -0.15) is 0 Å². The second-order valence-corrected chi connectivity index (χ2v) is 7.52. The van der Waals surface area contributed by atoms with E-state index < -0.39 is 17.7 Å². The van der Waals surface area contributed by atoms with Crippen LogP contribution in [0.5, 0.6) is 0 Å². The molecule has 4 rings (SSSR count). The summed E-state index contributed by atoms with van der Waals surface area (Å²) in [6, 6.07) is 13.3. The van der Waals surface area contributed by atoms with E-state index in [4.69, 9.17) is 4.42 Å². The molecule has 1 aliphatic heterocycles. The smallest absolute Gasteiger partial charge is 0.294 e. The van der Waals surface area contributed by atoms with Crippen molar-refractivity contribution in [2.24, 2.45) is 0 Å². The monoisotopic (exact) mass is 394 g/mol. The number of nitrogens with zero attached hydrogens (tertiary/aromatic N) is 2. The van der Waals surface area contributed by atoms with Crippen LogP contribution < -0.4 is 9.80 Å². The summed E-state index contributed by atoms with van der Waals surface area (Å²) in [5.74, 6) is -1.14. The number of aliphatic hydroxyl groups excluding tert-OH is 1. The molecule has 0 radical (unpaired) electrons. The second kappa shape index (κ2) is 7.01. The van der Waals surface area contributed by atoms with Crippen molar-refractivity contribution in [1.82, 2.24) is 0 Å². The number of anilines is 2. The average molecular weight is 394 g/mol. The number of hydrogen-bond acceptors (Lipinski definition) is 6. The molecule has 0 fully saturated rings. The molecule has 2 aromatic heterocycles. The SMILES string of the molecule is CN(C)c1ccc(N2C(=O)C(O)=C(C(=O)c3cccs3)C2c2ccco2)cc1. The number of thiophene rings is 1. The van der Waals surface area contributed by atoms with Crippen LogP contribution >= 0.6 is 11.3 Å². The Morgan fingerprint density at radius 2 is 1.89 bits per heavy atom. The zero-order valence-electron chi connectivity index (χ0n) is 15.3. The maximum Gasteiger partial charge on any atom is 0.294 e. The summed E-state index contributed by atoms with van der Waals surface area (Å²) >= 11 is 1.26. The van der Waals surface area contributed by atoms with Gasteiger partial charge in [0.2, 0.25) is 5.78 Å². The highest BCUT2D eigenvalue weighted by Gasteiger charge is 2.46. The number of Topliss-reactive ketones (excluding diaryl/α,β-unsaturated/α-hetero) is 1. The summed E-state index contributed by atoms with van der Waals surface area (Å²) in [6.07, 6.45) is 1.48. The number of aliphatic hydroxyl groups is 1. The van der Waals surface area contributed by atoms with Crippen LogP contribution in [0.3, 0.4) is 0 Å². The van der Waals surface area contributed by atoms with Crippen molar-refractivity contribution in [2.45, 2.75) is 6.04 Å². The van der Waals surface area contributed by atoms with E-state index in [1.807, 2.05) is 31.1 Å². The van der Waals surface area contributed by atoms with Gasteiger partial charge in [0.25, 0.3) is 5.91 Å². The predicted octanol–water partition coefficient (Wildman–Crippen LogP) is 4.19. The lowest BCUT2D eigenvalue weighted by Crippen LogP contribution is -2.30. The molecular weight excluding hydrogens is 376 g/mol. The molecule has 28 heavy (non-hydrogen) atoms. The van der Waals surface area contributed by atoms with Gasteiger partial charge in [-0.1, -0.05) is 6.07 Å². The minimum atomic E-state index is -0.831. The van der Waals surface area contributed by atoms with Crippen molar-refractivity contribution in [2.75, 3.05) is 23.9 Å². The molecule has 0 spiro atoms. The van der Waals surface area contributed by atoms with Crippen molar-refractivity contribution < 1.29 is 19.1 Å². The highest BCUT2D eigenvalue weighted by Crippen LogP contribution is 2.42. The summed E-state index contributed by atoms with van der Waals surface area (Å²) in [6.45, 7) is 0. The third-order valence-corrected chi connectivity index (χ3v) is 5.52. The van der Waals surface area contributed by atoms with E-state index in [9.17, 15) is 14.7 Å².